The van der Waals surface area contributed by atoms with Gasteiger partial charge in [-0.25, -0.2) is 4.39 Å². The fourth-order valence-corrected chi connectivity index (χ4v) is 1.76. The Morgan fingerprint density at radius 1 is 1.50 bits per heavy atom. The molecule has 14 heavy (non-hydrogen) atoms. The van der Waals surface area contributed by atoms with Gasteiger partial charge < -0.3 is 10.1 Å². The van der Waals surface area contributed by atoms with E-state index in [1.54, 1.807) is 6.07 Å². The van der Waals surface area contributed by atoms with E-state index in [2.05, 4.69) is 5.32 Å². The molecular weight excluding hydrogens is 205 g/mol. The highest BCUT2D eigenvalue weighted by molar-refractivity contribution is 6.20. The zero-order valence-corrected chi connectivity index (χ0v) is 8.30. The number of rotatable bonds is 2. The lowest BCUT2D eigenvalue weighted by atomic mass is 10.2. The van der Waals surface area contributed by atoms with Crippen LogP contribution in [0, 0.1) is 5.82 Å². The van der Waals surface area contributed by atoms with Crippen LogP contribution in [0.3, 0.4) is 0 Å². The normalized spacial score (nSPS) is 26.4. The highest BCUT2D eigenvalue weighted by Crippen LogP contribution is 2.21. The van der Waals surface area contributed by atoms with Crippen molar-refractivity contribution in [3.63, 3.8) is 0 Å². The smallest absolute Gasteiger partial charge is 0.151 e. The van der Waals surface area contributed by atoms with E-state index in [0.717, 1.165) is 12.1 Å². The van der Waals surface area contributed by atoms with Crippen molar-refractivity contribution in [3.05, 3.63) is 30.1 Å². The van der Waals surface area contributed by atoms with Gasteiger partial charge in [-0.3, -0.25) is 0 Å². The van der Waals surface area contributed by atoms with Crippen LogP contribution in [0.4, 0.5) is 10.1 Å². The van der Waals surface area contributed by atoms with Crippen LogP contribution in [-0.4, -0.2) is 18.2 Å². The molecule has 1 aromatic rings. The molecule has 2 atom stereocenters. The second kappa shape index (κ2) is 4.15. The Balaban J connectivity index is 2.03. The number of alkyl halides is 1. The molecule has 0 aliphatic carbocycles. The summed E-state index contributed by atoms with van der Waals surface area (Å²) in [5, 5.41) is 3.13. The third-order valence-electron chi connectivity index (χ3n) is 2.20. The van der Waals surface area contributed by atoms with Crippen molar-refractivity contribution in [1.29, 1.82) is 0 Å². The van der Waals surface area contributed by atoms with Crippen LogP contribution >= 0.6 is 11.6 Å². The zero-order chi connectivity index (χ0) is 9.97. The predicted molar refractivity (Wildman–Crippen MR) is 54.0 cm³/mol. The van der Waals surface area contributed by atoms with Gasteiger partial charge in [0.2, 0.25) is 0 Å². The van der Waals surface area contributed by atoms with E-state index < -0.39 is 0 Å². The van der Waals surface area contributed by atoms with Crippen LogP contribution in [-0.2, 0) is 4.74 Å². The molecule has 0 saturated carbocycles. The number of hydrogen-bond donors (Lipinski definition) is 1. The summed E-state index contributed by atoms with van der Waals surface area (Å²) in [7, 11) is 0. The first-order valence-corrected chi connectivity index (χ1v) is 4.97. The Bertz CT molecular complexity index is 321. The van der Waals surface area contributed by atoms with Gasteiger partial charge in [0.1, 0.15) is 5.82 Å². The minimum atomic E-state index is -0.321. The second-order valence-electron chi connectivity index (χ2n) is 3.27. The highest BCUT2D eigenvalue weighted by Gasteiger charge is 2.25. The van der Waals surface area contributed by atoms with Crippen molar-refractivity contribution in [3.8, 4) is 0 Å². The van der Waals surface area contributed by atoms with Crippen molar-refractivity contribution in [2.75, 3.05) is 11.9 Å². The van der Waals surface area contributed by atoms with Crippen LogP contribution in [0.25, 0.3) is 0 Å². The van der Waals surface area contributed by atoms with E-state index in [1.165, 1.54) is 12.1 Å². The molecule has 1 aliphatic rings. The molecule has 1 aliphatic heterocycles. The second-order valence-corrected chi connectivity index (χ2v) is 3.70. The van der Waals surface area contributed by atoms with Crippen molar-refractivity contribution < 1.29 is 9.13 Å². The topological polar surface area (TPSA) is 21.3 Å². The Morgan fingerprint density at radius 2 is 2.36 bits per heavy atom. The summed E-state index contributed by atoms with van der Waals surface area (Å²) in [5.41, 5.74) is 0.421. The first-order valence-electron chi connectivity index (χ1n) is 4.53. The molecular formula is C10H11ClFNO. The largest absolute Gasteiger partial charge is 0.378 e. The number of ether oxygens (including phenoxy) is 1. The summed E-state index contributed by atoms with van der Waals surface area (Å²) in [6, 6.07) is 6.40. The van der Waals surface area contributed by atoms with E-state index in [4.69, 9.17) is 16.3 Å². The number of anilines is 1. The summed E-state index contributed by atoms with van der Waals surface area (Å²) in [4.78, 5) is 0. The lowest BCUT2D eigenvalue weighted by Gasteiger charge is -2.15. The van der Waals surface area contributed by atoms with Gasteiger partial charge in [0.05, 0.1) is 12.6 Å². The van der Waals surface area contributed by atoms with Gasteiger partial charge in [-0.2, -0.15) is 0 Å². The highest BCUT2D eigenvalue weighted by atomic mass is 35.5. The average molecular weight is 216 g/mol. The molecule has 76 valence electrons. The lowest BCUT2D eigenvalue weighted by molar-refractivity contribution is 0.165. The van der Waals surface area contributed by atoms with Gasteiger partial charge >= 0.3 is 0 Å². The SMILES string of the molecule is Fc1cccc(NC2CCOC2Cl)c1. The Labute approximate surface area is 87.0 Å². The molecule has 0 radical (unpaired) electrons. The summed E-state index contributed by atoms with van der Waals surface area (Å²) >= 11 is 5.89. The molecule has 4 heteroatoms. The van der Waals surface area contributed by atoms with Gasteiger partial charge in [0, 0.05) is 5.69 Å². The molecule has 1 aromatic carbocycles. The van der Waals surface area contributed by atoms with Gasteiger partial charge in [-0.15, -0.1) is 0 Å². The Morgan fingerprint density at radius 3 is 3.00 bits per heavy atom. The third-order valence-corrected chi connectivity index (χ3v) is 2.63. The number of hydrogen-bond acceptors (Lipinski definition) is 2. The quantitative estimate of drug-likeness (QED) is 0.766. The first-order chi connectivity index (χ1) is 6.75. The molecule has 1 fully saturated rings. The monoisotopic (exact) mass is 215 g/mol. The van der Waals surface area contributed by atoms with Crippen molar-refractivity contribution in [2.45, 2.75) is 18.0 Å². The van der Waals surface area contributed by atoms with Gasteiger partial charge in [-0.1, -0.05) is 17.7 Å². The lowest BCUT2D eigenvalue weighted by Crippen LogP contribution is -2.24. The van der Waals surface area contributed by atoms with E-state index in [9.17, 15) is 4.39 Å². The standard InChI is InChI=1S/C10H11ClFNO/c11-10-9(4-5-14-10)13-8-3-1-2-7(12)6-8/h1-3,6,9-10,13H,4-5H2. The molecule has 2 unspecified atom stereocenters. The molecule has 0 bridgehead atoms. The molecule has 2 rings (SSSR count). The number of benzene rings is 1. The summed E-state index contributed by atoms with van der Waals surface area (Å²) in [5.74, 6) is -0.250. The maximum absolute atomic E-state index is 12.8. The molecule has 0 amide bonds. The summed E-state index contributed by atoms with van der Waals surface area (Å²) in [6.45, 7) is 0.654. The molecule has 2 nitrogen and oxygen atoms in total. The third kappa shape index (κ3) is 2.16. The average Bonchev–Trinajstić information content (AvgIpc) is 2.52. The van der Waals surface area contributed by atoms with Crippen molar-refractivity contribution in [1.82, 2.24) is 0 Å². The molecule has 1 N–H and O–H groups in total. The molecule has 1 heterocycles. The van der Waals surface area contributed by atoms with Crippen LogP contribution in [0.5, 0.6) is 0 Å². The number of halogens is 2. The zero-order valence-electron chi connectivity index (χ0n) is 7.54. The minimum absolute atomic E-state index is 0.0680. The molecule has 0 spiro atoms. The van der Waals surface area contributed by atoms with Gasteiger partial charge in [0.15, 0.2) is 5.56 Å². The fourth-order valence-electron chi connectivity index (χ4n) is 1.48. The Kier molecular flexibility index (Phi) is 2.89. The van der Waals surface area contributed by atoms with Crippen molar-refractivity contribution >= 4 is 17.3 Å². The maximum atomic E-state index is 12.8. The summed E-state index contributed by atoms with van der Waals surface area (Å²) in [6.07, 6.45) is 0.852. The summed E-state index contributed by atoms with van der Waals surface area (Å²) < 4.78 is 18.0. The Hall–Kier alpha value is -0.800. The van der Waals surface area contributed by atoms with Crippen LogP contribution in [0.15, 0.2) is 24.3 Å². The van der Waals surface area contributed by atoms with E-state index >= 15 is 0 Å². The minimum Gasteiger partial charge on any atom is -0.378 e. The van der Waals surface area contributed by atoms with Crippen molar-refractivity contribution in [2.24, 2.45) is 0 Å². The predicted octanol–water partition coefficient (Wildman–Crippen LogP) is 2.59. The molecule has 0 aromatic heterocycles. The maximum Gasteiger partial charge on any atom is 0.151 e. The van der Waals surface area contributed by atoms with E-state index in [-0.39, 0.29) is 17.4 Å². The van der Waals surface area contributed by atoms with Crippen LogP contribution in [0.2, 0.25) is 0 Å². The fraction of sp³-hybridized carbons (Fsp3) is 0.400. The van der Waals surface area contributed by atoms with Gasteiger partial charge in [-0.05, 0) is 24.6 Å². The van der Waals surface area contributed by atoms with E-state index in [0.29, 0.717) is 6.61 Å². The number of nitrogens with one attached hydrogen (secondary N) is 1. The van der Waals surface area contributed by atoms with Gasteiger partial charge in [0.25, 0.3) is 0 Å². The van der Waals surface area contributed by atoms with Crippen LogP contribution in [0.1, 0.15) is 6.42 Å². The van der Waals surface area contributed by atoms with Crippen LogP contribution < -0.4 is 5.32 Å². The first kappa shape index (κ1) is 9.74. The molecule has 1 saturated heterocycles. The van der Waals surface area contributed by atoms with E-state index in [1.807, 2.05) is 6.07 Å².